The molecule has 0 unspecified atom stereocenters. The van der Waals surface area contributed by atoms with Crippen LogP contribution < -0.4 is 5.32 Å². The highest BCUT2D eigenvalue weighted by molar-refractivity contribution is 7.99. The smallest absolute Gasteiger partial charge is 0.242 e. The molecule has 0 aliphatic rings. The van der Waals surface area contributed by atoms with E-state index in [1.165, 1.54) is 12.1 Å². The van der Waals surface area contributed by atoms with E-state index in [9.17, 15) is 14.0 Å². The number of benzene rings is 2. The van der Waals surface area contributed by atoms with Gasteiger partial charge in [-0.3, -0.25) is 9.59 Å². The Bertz CT molecular complexity index is 753. The van der Waals surface area contributed by atoms with Crippen LogP contribution in [0.15, 0.2) is 59.5 Å². The van der Waals surface area contributed by atoms with Crippen molar-refractivity contribution in [2.24, 2.45) is 0 Å². The predicted molar refractivity (Wildman–Crippen MR) is 111 cm³/mol. The molecule has 150 valence electrons. The topological polar surface area (TPSA) is 49.4 Å². The molecule has 0 aromatic heterocycles. The van der Waals surface area contributed by atoms with Gasteiger partial charge in [0, 0.05) is 30.2 Å². The third-order valence-corrected chi connectivity index (χ3v) is 5.34. The lowest BCUT2D eigenvalue weighted by molar-refractivity contribution is -0.141. The van der Waals surface area contributed by atoms with Crippen LogP contribution in [0.1, 0.15) is 32.3 Å². The van der Waals surface area contributed by atoms with Gasteiger partial charge in [0.15, 0.2) is 0 Å². The highest BCUT2D eigenvalue weighted by Crippen LogP contribution is 2.20. The third kappa shape index (κ3) is 6.68. The molecule has 2 amide bonds. The summed E-state index contributed by atoms with van der Waals surface area (Å²) < 4.78 is 13.2. The number of hydrogen-bond acceptors (Lipinski definition) is 3. The van der Waals surface area contributed by atoms with Gasteiger partial charge in [0.25, 0.3) is 0 Å². The number of carbonyl (C=O) groups excluding carboxylic acids is 2. The van der Waals surface area contributed by atoms with E-state index in [0.29, 0.717) is 25.1 Å². The van der Waals surface area contributed by atoms with Crippen molar-refractivity contribution < 1.29 is 14.0 Å². The van der Waals surface area contributed by atoms with Crippen LogP contribution in [0, 0.1) is 5.82 Å². The second-order valence-electron chi connectivity index (χ2n) is 6.38. The van der Waals surface area contributed by atoms with Crippen LogP contribution >= 0.6 is 11.8 Å². The molecule has 28 heavy (non-hydrogen) atoms. The number of thioether (sulfide) groups is 1. The molecule has 1 atom stereocenters. The van der Waals surface area contributed by atoms with Crippen molar-refractivity contribution in [3.63, 3.8) is 0 Å². The van der Waals surface area contributed by atoms with Crippen molar-refractivity contribution >= 4 is 23.6 Å². The van der Waals surface area contributed by atoms with Crippen LogP contribution in [-0.4, -0.2) is 35.1 Å². The van der Waals surface area contributed by atoms with Gasteiger partial charge in [-0.15, -0.1) is 11.8 Å². The molecule has 0 aliphatic carbocycles. The lowest BCUT2D eigenvalue weighted by Crippen LogP contribution is -2.49. The minimum atomic E-state index is -0.542. The zero-order valence-electron chi connectivity index (χ0n) is 16.4. The average molecular weight is 403 g/mol. The number of halogens is 1. The number of nitrogens with zero attached hydrogens (tertiary/aromatic N) is 1. The zero-order valence-corrected chi connectivity index (χ0v) is 17.2. The number of likely N-dealkylation sites (N-methyl/N-ethyl adjacent to an activating group) is 1. The lowest BCUT2D eigenvalue weighted by atomic mass is 10.1. The van der Waals surface area contributed by atoms with E-state index < -0.39 is 6.04 Å². The van der Waals surface area contributed by atoms with Crippen LogP contribution in [0.5, 0.6) is 0 Å². The molecular formula is C22H27FN2O2S. The summed E-state index contributed by atoms with van der Waals surface area (Å²) in [5, 5.41) is 2.81. The predicted octanol–water partition coefficient (Wildman–Crippen LogP) is 4.25. The van der Waals surface area contributed by atoms with E-state index in [4.69, 9.17) is 0 Å². The van der Waals surface area contributed by atoms with E-state index in [1.807, 2.05) is 44.2 Å². The summed E-state index contributed by atoms with van der Waals surface area (Å²) in [6.45, 7) is 4.54. The monoisotopic (exact) mass is 402 g/mol. The number of hydrogen-bond donors (Lipinski definition) is 1. The number of carbonyl (C=O) groups is 2. The van der Waals surface area contributed by atoms with Gasteiger partial charge >= 0.3 is 0 Å². The third-order valence-electron chi connectivity index (χ3n) is 4.33. The molecule has 2 aromatic rings. The van der Waals surface area contributed by atoms with Gasteiger partial charge < -0.3 is 10.2 Å². The van der Waals surface area contributed by atoms with E-state index >= 15 is 0 Å². The van der Waals surface area contributed by atoms with Crippen LogP contribution in [0.25, 0.3) is 0 Å². The normalized spacial score (nSPS) is 11.7. The Labute approximate surface area is 170 Å². The summed E-state index contributed by atoms with van der Waals surface area (Å²) in [6.07, 6.45) is 0.848. The summed E-state index contributed by atoms with van der Waals surface area (Å²) in [7, 11) is 0. The zero-order chi connectivity index (χ0) is 20.4. The van der Waals surface area contributed by atoms with E-state index in [-0.39, 0.29) is 24.2 Å². The minimum Gasteiger partial charge on any atom is -0.355 e. The standard InChI is InChI=1S/C22H27FN2O2S/c1-3-20(22(27)24-4-2)25(16-17-10-12-18(23)13-11-17)21(26)14-15-28-19-8-6-5-7-9-19/h5-13,20H,3-4,14-16H2,1-2H3,(H,24,27)/t20-/m1/s1. The number of amides is 2. The van der Waals surface area contributed by atoms with Crippen molar-refractivity contribution in [2.45, 2.75) is 44.2 Å². The summed E-state index contributed by atoms with van der Waals surface area (Å²) >= 11 is 1.61. The Kier molecular flexibility index (Phi) is 9.01. The fraction of sp³-hybridized carbons (Fsp3) is 0.364. The molecule has 4 nitrogen and oxygen atoms in total. The fourth-order valence-corrected chi connectivity index (χ4v) is 3.78. The molecule has 0 aliphatic heterocycles. The van der Waals surface area contributed by atoms with Gasteiger partial charge in [0.05, 0.1) is 0 Å². The molecule has 0 spiro atoms. The first-order valence-corrected chi connectivity index (χ1v) is 10.5. The van der Waals surface area contributed by atoms with E-state index in [1.54, 1.807) is 28.8 Å². The first-order valence-electron chi connectivity index (χ1n) is 9.54. The molecule has 0 bridgehead atoms. The molecule has 1 N–H and O–H groups in total. The summed E-state index contributed by atoms with van der Waals surface area (Å²) in [5.74, 6) is 0.0768. The first-order chi connectivity index (χ1) is 13.5. The molecular weight excluding hydrogens is 375 g/mol. The van der Waals surface area contributed by atoms with Crippen molar-refractivity contribution in [2.75, 3.05) is 12.3 Å². The fourth-order valence-electron chi connectivity index (χ4n) is 2.91. The van der Waals surface area contributed by atoms with Crippen LogP contribution in [0.4, 0.5) is 4.39 Å². The van der Waals surface area contributed by atoms with Crippen molar-refractivity contribution in [1.29, 1.82) is 0 Å². The van der Waals surface area contributed by atoms with Crippen LogP contribution in [0.2, 0.25) is 0 Å². The Morgan fingerprint density at radius 3 is 2.36 bits per heavy atom. The van der Waals surface area contributed by atoms with Gasteiger partial charge in [0.2, 0.25) is 11.8 Å². The Morgan fingerprint density at radius 2 is 1.75 bits per heavy atom. The molecule has 2 aromatic carbocycles. The second kappa shape index (κ2) is 11.5. The summed E-state index contributed by atoms with van der Waals surface area (Å²) in [5.41, 5.74) is 0.799. The molecule has 0 heterocycles. The van der Waals surface area contributed by atoms with E-state index in [0.717, 1.165) is 10.5 Å². The maximum absolute atomic E-state index is 13.2. The van der Waals surface area contributed by atoms with Gasteiger partial charge in [-0.1, -0.05) is 37.3 Å². The Hall–Kier alpha value is -2.34. The molecule has 2 rings (SSSR count). The first kappa shape index (κ1) is 22.0. The highest BCUT2D eigenvalue weighted by Gasteiger charge is 2.28. The van der Waals surface area contributed by atoms with Crippen molar-refractivity contribution in [3.8, 4) is 0 Å². The largest absolute Gasteiger partial charge is 0.355 e. The Balaban J connectivity index is 2.09. The molecule has 0 saturated carbocycles. The van der Waals surface area contributed by atoms with Crippen LogP contribution in [-0.2, 0) is 16.1 Å². The van der Waals surface area contributed by atoms with Crippen molar-refractivity contribution in [1.82, 2.24) is 10.2 Å². The number of nitrogens with one attached hydrogen (secondary N) is 1. The number of rotatable bonds is 10. The van der Waals surface area contributed by atoms with Gasteiger partial charge in [0.1, 0.15) is 11.9 Å². The average Bonchev–Trinajstić information content (AvgIpc) is 2.70. The summed E-state index contributed by atoms with van der Waals surface area (Å²) in [4.78, 5) is 28.2. The van der Waals surface area contributed by atoms with Gasteiger partial charge in [-0.25, -0.2) is 4.39 Å². The molecule has 0 fully saturated rings. The van der Waals surface area contributed by atoms with E-state index in [2.05, 4.69) is 5.32 Å². The van der Waals surface area contributed by atoms with Crippen molar-refractivity contribution in [3.05, 3.63) is 66.0 Å². The second-order valence-corrected chi connectivity index (χ2v) is 7.55. The SMILES string of the molecule is CCNC(=O)[C@@H](CC)N(Cc1ccc(F)cc1)C(=O)CCSc1ccccc1. The van der Waals surface area contributed by atoms with Gasteiger partial charge in [-0.05, 0) is 43.2 Å². The van der Waals surface area contributed by atoms with Gasteiger partial charge in [-0.2, -0.15) is 0 Å². The summed E-state index contributed by atoms with van der Waals surface area (Å²) in [6, 6.07) is 15.4. The Morgan fingerprint density at radius 1 is 1.07 bits per heavy atom. The van der Waals surface area contributed by atoms with Crippen LogP contribution in [0.3, 0.4) is 0 Å². The molecule has 0 radical (unpaired) electrons. The molecule has 6 heteroatoms. The molecule has 0 saturated heterocycles. The minimum absolute atomic E-state index is 0.0779. The lowest BCUT2D eigenvalue weighted by Gasteiger charge is -2.30. The quantitative estimate of drug-likeness (QED) is 0.605. The maximum Gasteiger partial charge on any atom is 0.242 e. The highest BCUT2D eigenvalue weighted by atomic mass is 32.2. The maximum atomic E-state index is 13.2.